The van der Waals surface area contributed by atoms with Crippen molar-refractivity contribution in [1.82, 2.24) is 14.5 Å². The molecule has 1 atom stereocenters. The van der Waals surface area contributed by atoms with Gasteiger partial charge in [-0.1, -0.05) is 32.6 Å². The molecule has 0 aromatic heterocycles. The predicted octanol–water partition coefficient (Wildman–Crippen LogP) is 1.96. The molecular formula is C18H35N3O3S. The van der Waals surface area contributed by atoms with Gasteiger partial charge in [-0.15, -0.1) is 0 Å². The zero-order valence-electron chi connectivity index (χ0n) is 15.9. The van der Waals surface area contributed by atoms with Crippen LogP contribution in [0.3, 0.4) is 0 Å². The molecule has 146 valence electrons. The van der Waals surface area contributed by atoms with E-state index < -0.39 is 16.1 Å². The molecule has 1 saturated heterocycles. The third kappa shape index (κ3) is 5.93. The van der Waals surface area contributed by atoms with Crippen molar-refractivity contribution in [2.75, 3.05) is 32.4 Å². The van der Waals surface area contributed by atoms with Crippen molar-refractivity contribution < 1.29 is 13.2 Å². The summed E-state index contributed by atoms with van der Waals surface area (Å²) in [6.45, 7) is 3.74. The fraction of sp³-hybridized carbons (Fsp3) is 0.944. The first kappa shape index (κ1) is 20.6. The molecule has 0 bridgehead atoms. The van der Waals surface area contributed by atoms with Crippen LogP contribution in [0.25, 0.3) is 0 Å². The third-order valence-corrected chi connectivity index (χ3v) is 7.61. The fourth-order valence-electron chi connectivity index (χ4n) is 4.05. The van der Waals surface area contributed by atoms with Crippen LogP contribution in [-0.2, 0) is 14.8 Å². The summed E-state index contributed by atoms with van der Waals surface area (Å²) in [4.78, 5) is 14.9. The molecule has 1 aliphatic heterocycles. The van der Waals surface area contributed by atoms with Crippen molar-refractivity contribution in [3.05, 3.63) is 0 Å². The number of carbonyl (C=O) groups excluding carboxylic acids is 1. The van der Waals surface area contributed by atoms with Crippen molar-refractivity contribution in [3.63, 3.8) is 0 Å². The van der Waals surface area contributed by atoms with E-state index in [4.69, 9.17) is 0 Å². The Morgan fingerprint density at radius 2 is 1.80 bits per heavy atom. The van der Waals surface area contributed by atoms with Gasteiger partial charge in [0.05, 0.1) is 5.75 Å². The average Bonchev–Trinajstić information content (AvgIpc) is 2.62. The highest BCUT2D eigenvalue weighted by Crippen LogP contribution is 2.22. The van der Waals surface area contributed by atoms with Crippen LogP contribution in [0.15, 0.2) is 0 Å². The largest absolute Gasteiger partial charge is 0.353 e. The number of hydrogen-bond donors (Lipinski definition) is 1. The molecule has 1 unspecified atom stereocenters. The number of nitrogens with zero attached hydrogens (tertiary/aromatic N) is 2. The molecule has 0 spiro atoms. The Bertz CT molecular complexity index is 518. The second-order valence-corrected chi connectivity index (χ2v) is 9.54. The fourth-order valence-corrected chi connectivity index (χ4v) is 5.80. The van der Waals surface area contributed by atoms with Crippen LogP contribution >= 0.6 is 0 Å². The molecule has 2 aliphatic rings. The summed E-state index contributed by atoms with van der Waals surface area (Å²) in [5.74, 6) is -0.00212. The first-order chi connectivity index (χ1) is 12.0. The minimum absolute atomic E-state index is 0.126. The van der Waals surface area contributed by atoms with Crippen molar-refractivity contribution in [3.8, 4) is 0 Å². The lowest BCUT2D eigenvalue weighted by atomic mass is 9.94. The van der Waals surface area contributed by atoms with E-state index in [0.29, 0.717) is 32.0 Å². The van der Waals surface area contributed by atoms with Gasteiger partial charge in [0.2, 0.25) is 15.9 Å². The normalized spacial score (nSPS) is 23.7. The van der Waals surface area contributed by atoms with Gasteiger partial charge < -0.3 is 10.2 Å². The highest BCUT2D eigenvalue weighted by Gasteiger charge is 2.36. The van der Waals surface area contributed by atoms with Crippen molar-refractivity contribution >= 4 is 15.9 Å². The van der Waals surface area contributed by atoms with Crippen LogP contribution < -0.4 is 5.32 Å². The second kappa shape index (κ2) is 9.88. The zero-order chi connectivity index (χ0) is 18.3. The minimum atomic E-state index is -3.32. The Balaban J connectivity index is 1.83. The monoisotopic (exact) mass is 373 g/mol. The van der Waals surface area contributed by atoms with E-state index in [1.165, 1.54) is 36.4 Å². The minimum Gasteiger partial charge on any atom is -0.353 e. The van der Waals surface area contributed by atoms with E-state index in [9.17, 15) is 13.2 Å². The first-order valence-corrected chi connectivity index (χ1v) is 11.5. The molecule has 1 heterocycles. The Hall–Kier alpha value is -0.660. The smallest absolute Gasteiger partial charge is 0.238 e. The SMILES string of the molecule is CCCS(=O)(=O)N1CCCCC1C(=O)NCCN(C)C1CCCCC1. The van der Waals surface area contributed by atoms with Gasteiger partial charge in [-0.05, 0) is 39.2 Å². The average molecular weight is 374 g/mol. The summed E-state index contributed by atoms with van der Waals surface area (Å²) in [7, 11) is -1.20. The summed E-state index contributed by atoms with van der Waals surface area (Å²) in [5.41, 5.74) is 0. The topological polar surface area (TPSA) is 69.7 Å². The molecule has 7 heteroatoms. The molecule has 0 aromatic carbocycles. The van der Waals surface area contributed by atoms with E-state index in [1.54, 1.807) is 0 Å². The molecule has 1 saturated carbocycles. The third-order valence-electron chi connectivity index (χ3n) is 5.54. The number of piperidine rings is 1. The van der Waals surface area contributed by atoms with Crippen LogP contribution in [0.2, 0.25) is 0 Å². The van der Waals surface area contributed by atoms with E-state index in [-0.39, 0.29) is 11.7 Å². The van der Waals surface area contributed by atoms with E-state index in [2.05, 4.69) is 17.3 Å². The summed E-state index contributed by atoms with van der Waals surface area (Å²) >= 11 is 0. The predicted molar refractivity (Wildman–Crippen MR) is 101 cm³/mol. The van der Waals surface area contributed by atoms with Gasteiger partial charge in [0.25, 0.3) is 0 Å². The molecule has 1 amide bonds. The molecule has 1 aliphatic carbocycles. The number of sulfonamides is 1. The van der Waals surface area contributed by atoms with Crippen molar-refractivity contribution in [2.45, 2.75) is 76.8 Å². The first-order valence-electron chi connectivity index (χ1n) is 9.93. The van der Waals surface area contributed by atoms with Crippen molar-refractivity contribution in [2.24, 2.45) is 0 Å². The van der Waals surface area contributed by atoms with Gasteiger partial charge in [-0.3, -0.25) is 4.79 Å². The summed E-state index contributed by atoms with van der Waals surface area (Å²) in [6.07, 6.45) is 9.40. The quantitative estimate of drug-likeness (QED) is 0.706. The standard InChI is InChI=1S/C18H35N3O3S/c1-3-15-25(23,24)21-13-8-7-11-17(21)18(22)19-12-14-20(2)16-9-5-4-6-10-16/h16-17H,3-15H2,1-2H3,(H,19,22). The van der Waals surface area contributed by atoms with Crippen LogP contribution in [0, 0.1) is 0 Å². The number of amides is 1. The number of nitrogens with one attached hydrogen (secondary N) is 1. The molecular weight excluding hydrogens is 338 g/mol. The highest BCUT2D eigenvalue weighted by atomic mass is 32.2. The zero-order valence-corrected chi connectivity index (χ0v) is 16.7. The van der Waals surface area contributed by atoms with Gasteiger partial charge in [0.1, 0.15) is 6.04 Å². The Morgan fingerprint density at radius 1 is 1.12 bits per heavy atom. The van der Waals surface area contributed by atoms with Gasteiger partial charge in [0, 0.05) is 25.7 Å². The lowest BCUT2D eigenvalue weighted by Gasteiger charge is -2.34. The molecule has 2 rings (SSSR count). The lowest BCUT2D eigenvalue weighted by Crippen LogP contribution is -2.53. The number of likely N-dealkylation sites (N-methyl/N-ethyl adjacent to an activating group) is 1. The van der Waals surface area contributed by atoms with Crippen LogP contribution in [0.1, 0.15) is 64.7 Å². The Morgan fingerprint density at radius 3 is 2.48 bits per heavy atom. The van der Waals surface area contributed by atoms with E-state index in [0.717, 1.165) is 19.4 Å². The van der Waals surface area contributed by atoms with E-state index in [1.807, 2.05) is 6.92 Å². The number of rotatable bonds is 8. The maximum atomic E-state index is 12.6. The molecule has 25 heavy (non-hydrogen) atoms. The second-order valence-electron chi connectivity index (χ2n) is 7.50. The molecule has 2 fully saturated rings. The van der Waals surface area contributed by atoms with Gasteiger partial charge in [0.15, 0.2) is 0 Å². The van der Waals surface area contributed by atoms with E-state index >= 15 is 0 Å². The van der Waals surface area contributed by atoms with Crippen LogP contribution in [-0.4, -0.2) is 68.0 Å². The summed E-state index contributed by atoms with van der Waals surface area (Å²) in [5, 5.41) is 2.98. The Labute approximate surface area is 153 Å². The number of hydrogen-bond acceptors (Lipinski definition) is 4. The summed E-state index contributed by atoms with van der Waals surface area (Å²) < 4.78 is 26.3. The molecule has 0 radical (unpaired) electrons. The Kier molecular flexibility index (Phi) is 8.16. The molecule has 6 nitrogen and oxygen atoms in total. The molecule has 0 aromatic rings. The highest BCUT2D eigenvalue weighted by molar-refractivity contribution is 7.89. The number of carbonyl (C=O) groups is 1. The van der Waals surface area contributed by atoms with Crippen molar-refractivity contribution in [1.29, 1.82) is 0 Å². The summed E-state index contributed by atoms with van der Waals surface area (Å²) in [6, 6.07) is 0.104. The lowest BCUT2D eigenvalue weighted by molar-refractivity contribution is -0.125. The van der Waals surface area contributed by atoms with Gasteiger partial charge in [-0.25, -0.2) is 8.42 Å². The van der Waals surface area contributed by atoms with Crippen LogP contribution in [0.4, 0.5) is 0 Å². The molecule has 1 N–H and O–H groups in total. The van der Waals surface area contributed by atoms with Gasteiger partial charge >= 0.3 is 0 Å². The maximum absolute atomic E-state index is 12.6. The maximum Gasteiger partial charge on any atom is 0.238 e. The van der Waals surface area contributed by atoms with Gasteiger partial charge in [-0.2, -0.15) is 4.31 Å². The van der Waals surface area contributed by atoms with Crippen LogP contribution in [0.5, 0.6) is 0 Å².